The van der Waals surface area contributed by atoms with Crippen molar-refractivity contribution in [3.8, 4) is 0 Å². The van der Waals surface area contributed by atoms with Gasteiger partial charge in [0.1, 0.15) is 0 Å². The van der Waals surface area contributed by atoms with Crippen LogP contribution in [0.4, 0.5) is 0 Å². The fourth-order valence-corrected chi connectivity index (χ4v) is 0.884. The van der Waals surface area contributed by atoms with E-state index < -0.39 is 0 Å². The minimum Gasteiger partial charge on any atom is -0.400 e. The summed E-state index contributed by atoms with van der Waals surface area (Å²) >= 11 is 0. The molecule has 4 heteroatoms. The molecule has 1 saturated carbocycles. The van der Waals surface area contributed by atoms with Gasteiger partial charge >= 0.3 is 0 Å². The molecule has 1 fully saturated rings. The van der Waals surface area contributed by atoms with Gasteiger partial charge in [-0.15, -0.1) is 0 Å². The smallest absolute Gasteiger partial charge is 0.0319 e. The second-order valence-electron chi connectivity index (χ2n) is 1.77. The molecule has 1 aliphatic carbocycles. The first-order valence-corrected chi connectivity index (χ1v) is 3.84. The van der Waals surface area contributed by atoms with Crippen molar-refractivity contribution in [2.45, 2.75) is 32.1 Å². The van der Waals surface area contributed by atoms with Crippen molar-refractivity contribution in [2.75, 3.05) is 21.3 Å². The van der Waals surface area contributed by atoms with E-state index in [9.17, 15) is 0 Å². The third kappa shape index (κ3) is 31.2. The minimum absolute atomic E-state index is 0. The van der Waals surface area contributed by atoms with E-state index in [1.54, 1.807) is 0 Å². The van der Waals surface area contributed by atoms with Crippen LogP contribution in [0.3, 0.4) is 0 Å². The Morgan fingerprint density at radius 2 is 0.583 bits per heavy atom. The molecule has 0 spiro atoms. The molecule has 0 aliphatic heterocycles. The summed E-state index contributed by atoms with van der Waals surface area (Å²) in [5.41, 5.74) is 0. The largest absolute Gasteiger partial charge is 0.400 e. The summed E-state index contributed by atoms with van der Waals surface area (Å²) in [6, 6.07) is 0. The number of rotatable bonds is 0. The van der Waals surface area contributed by atoms with E-state index in [0.29, 0.717) is 0 Å². The van der Waals surface area contributed by atoms with Crippen LogP contribution in [-0.4, -0.2) is 36.6 Å². The molecule has 1 rings (SSSR count). The van der Waals surface area contributed by atoms with Crippen molar-refractivity contribution in [3.63, 3.8) is 0 Å². The van der Waals surface area contributed by atoms with Crippen LogP contribution in [0, 0.1) is 0 Å². The first-order chi connectivity index (χ1) is 5.50. The van der Waals surface area contributed by atoms with Crippen LogP contribution in [0.15, 0.2) is 0 Å². The second-order valence-corrected chi connectivity index (χ2v) is 1.77. The molecule has 0 aromatic rings. The molecule has 76 valence electrons. The van der Waals surface area contributed by atoms with E-state index in [2.05, 4.69) is 0 Å². The molecule has 0 radical (unpaired) electrons. The van der Waals surface area contributed by atoms with Gasteiger partial charge in [0.15, 0.2) is 0 Å². The van der Waals surface area contributed by atoms with E-state index in [1.807, 2.05) is 0 Å². The van der Waals surface area contributed by atoms with E-state index in [0.717, 1.165) is 21.3 Å². The monoisotopic (exact) mass is 214 g/mol. The molecule has 0 atom stereocenters. The van der Waals surface area contributed by atoms with Gasteiger partial charge in [0.2, 0.25) is 0 Å². The fourth-order valence-electron chi connectivity index (χ4n) is 0.884. The van der Waals surface area contributed by atoms with Crippen LogP contribution in [-0.2, 0) is 21.7 Å². The van der Waals surface area contributed by atoms with Crippen molar-refractivity contribution in [3.05, 3.63) is 0 Å². The van der Waals surface area contributed by atoms with Crippen molar-refractivity contribution < 1.29 is 37.0 Å². The average molecular weight is 214 g/mol. The Bertz CT molecular complexity index is 25.9. The molecule has 0 saturated heterocycles. The van der Waals surface area contributed by atoms with Crippen molar-refractivity contribution in [1.29, 1.82) is 0 Å². The van der Waals surface area contributed by atoms with Crippen LogP contribution in [0.2, 0.25) is 0 Å². The zero-order chi connectivity index (χ0) is 9.54. The van der Waals surface area contributed by atoms with Crippen molar-refractivity contribution in [1.82, 2.24) is 0 Å². The molecule has 0 heterocycles. The quantitative estimate of drug-likeness (QED) is 0.522. The Morgan fingerprint density at radius 1 is 0.500 bits per heavy atom. The fraction of sp³-hybridized carbons (Fsp3) is 1.00. The molecule has 3 N–H and O–H groups in total. The van der Waals surface area contributed by atoms with Gasteiger partial charge in [0.05, 0.1) is 0 Å². The summed E-state index contributed by atoms with van der Waals surface area (Å²) in [7, 11) is 3.00. The maximum atomic E-state index is 7.00. The topological polar surface area (TPSA) is 60.7 Å². The minimum atomic E-state index is 0. The van der Waals surface area contributed by atoms with Gasteiger partial charge in [-0.05, 0) is 0 Å². The van der Waals surface area contributed by atoms with E-state index in [1.165, 1.54) is 32.1 Å². The predicted molar refractivity (Wildman–Crippen MR) is 47.5 cm³/mol. The third-order valence-corrected chi connectivity index (χ3v) is 1.25. The number of hydrogen-bond acceptors (Lipinski definition) is 3. The van der Waals surface area contributed by atoms with E-state index >= 15 is 0 Å². The summed E-state index contributed by atoms with van der Waals surface area (Å²) in [5.74, 6) is 0. The normalized spacial score (nSPS) is 11.5. The van der Waals surface area contributed by atoms with Gasteiger partial charge in [0.25, 0.3) is 0 Å². The van der Waals surface area contributed by atoms with E-state index in [4.69, 9.17) is 15.3 Å². The molecule has 0 aromatic carbocycles. The summed E-state index contributed by atoms with van der Waals surface area (Å²) in [6.07, 6.45) is 7.50. The van der Waals surface area contributed by atoms with Gasteiger partial charge in [-0.1, -0.05) is 32.1 Å². The second kappa shape index (κ2) is 41.6. The van der Waals surface area contributed by atoms with Gasteiger partial charge in [-0.2, -0.15) is 0 Å². The molecule has 0 bridgehead atoms. The summed E-state index contributed by atoms with van der Waals surface area (Å²) in [4.78, 5) is 0. The van der Waals surface area contributed by atoms with Gasteiger partial charge in [-0.25, -0.2) is 0 Å². The summed E-state index contributed by atoms with van der Waals surface area (Å²) in [5, 5.41) is 21.0. The Morgan fingerprint density at radius 3 is 0.667 bits per heavy atom. The van der Waals surface area contributed by atoms with Crippen LogP contribution in [0.5, 0.6) is 0 Å². The van der Waals surface area contributed by atoms with Gasteiger partial charge < -0.3 is 15.3 Å². The molecule has 0 aromatic heterocycles. The predicted octanol–water partition coefficient (Wildman–Crippen LogP) is 0.773. The number of aliphatic hydroxyl groups is 3. The SMILES string of the molecule is C1CCCC1.CO.CO.CO.[Ti]. The van der Waals surface area contributed by atoms with E-state index in [-0.39, 0.29) is 21.7 Å². The molecular formula is C8H22O3Ti. The van der Waals surface area contributed by atoms with Crippen LogP contribution < -0.4 is 0 Å². The summed E-state index contributed by atoms with van der Waals surface area (Å²) in [6.45, 7) is 0. The van der Waals surface area contributed by atoms with Crippen LogP contribution >= 0.6 is 0 Å². The van der Waals surface area contributed by atoms with Gasteiger partial charge in [-0.3, -0.25) is 0 Å². The average Bonchev–Trinajstić information content (AvgIpc) is 2.71. The van der Waals surface area contributed by atoms with Gasteiger partial charge in [0, 0.05) is 43.0 Å². The number of aliphatic hydroxyl groups excluding tert-OH is 3. The Hall–Kier alpha value is 0.594. The first-order valence-electron chi connectivity index (χ1n) is 3.84. The van der Waals surface area contributed by atoms with Crippen molar-refractivity contribution >= 4 is 0 Å². The molecule has 12 heavy (non-hydrogen) atoms. The Balaban J connectivity index is -0.0000000406. The summed E-state index contributed by atoms with van der Waals surface area (Å²) < 4.78 is 0. The van der Waals surface area contributed by atoms with Crippen molar-refractivity contribution in [2.24, 2.45) is 0 Å². The third-order valence-electron chi connectivity index (χ3n) is 1.25. The van der Waals surface area contributed by atoms with Crippen LogP contribution in [0.25, 0.3) is 0 Å². The molecule has 3 nitrogen and oxygen atoms in total. The number of hydrogen-bond donors (Lipinski definition) is 3. The maximum absolute atomic E-state index is 7.00. The molecule has 0 amide bonds. The Kier molecular flexibility index (Phi) is 79.4. The molecule has 1 aliphatic rings. The maximum Gasteiger partial charge on any atom is 0.0319 e. The molecular weight excluding hydrogens is 192 g/mol. The molecule has 0 unspecified atom stereocenters. The standard InChI is InChI=1S/C5H10.3CH4O.Ti/c1-2-4-5-3-1;3*1-2;/h1-5H2;3*2H,1H3;. The zero-order valence-corrected chi connectivity index (χ0v) is 9.94. The first kappa shape index (κ1) is 22.9. The zero-order valence-electron chi connectivity index (χ0n) is 8.38. The Labute approximate surface area is 90.7 Å². The van der Waals surface area contributed by atoms with Crippen LogP contribution in [0.1, 0.15) is 32.1 Å².